The molecule has 1 aliphatic rings. The molecule has 1 fully saturated rings. The highest BCUT2D eigenvalue weighted by Gasteiger charge is 2.32. The number of carbonyl (C=O) groups is 1. The van der Waals surface area contributed by atoms with Gasteiger partial charge in [0.05, 0.1) is 12.3 Å². The summed E-state index contributed by atoms with van der Waals surface area (Å²) in [6.07, 6.45) is 2.88. The molecule has 0 bridgehead atoms. The van der Waals surface area contributed by atoms with Crippen molar-refractivity contribution in [3.8, 4) is 11.3 Å². The number of amides is 1. The van der Waals surface area contributed by atoms with E-state index in [0.29, 0.717) is 17.3 Å². The van der Waals surface area contributed by atoms with Gasteiger partial charge in [-0.25, -0.2) is 0 Å². The Balaban J connectivity index is 1.27. The maximum absolute atomic E-state index is 12.3. The molecule has 3 aromatic rings. The van der Waals surface area contributed by atoms with Gasteiger partial charge in [0.1, 0.15) is 11.4 Å². The van der Waals surface area contributed by atoms with Gasteiger partial charge >= 0.3 is 0 Å². The molecule has 4 rings (SSSR count). The number of hydrogen-bond acceptors (Lipinski definition) is 6. The van der Waals surface area contributed by atoms with Crippen LogP contribution in [0.15, 0.2) is 47.1 Å². The van der Waals surface area contributed by atoms with Gasteiger partial charge in [0.2, 0.25) is 5.76 Å². The number of aliphatic hydroxyl groups is 1. The van der Waals surface area contributed by atoms with E-state index in [4.69, 9.17) is 4.52 Å². The van der Waals surface area contributed by atoms with E-state index in [0.717, 1.165) is 24.9 Å². The van der Waals surface area contributed by atoms with Gasteiger partial charge in [-0.05, 0) is 25.7 Å². The number of hydrogen-bond donors (Lipinski definition) is 2. The number of nitrogens with one attached hydrogen (secondary N) is 1. The first-order valence-corrected chi connectivity index (χ1v) is 8.99. The maximum atomic E-state index is 12.3. The van der Waals surface area contributed by atoms with Crippen LogP contribution in [0, 0.1) is 5.92 Å². The van der Waals surface area contributed by atoms with Crippen LogP contribution in [-0.2, 0) is 6.54 Å². The van der Waals surface area contributed by atoms with Crippen LogP contribution in [0.25, 0.3) is 11.3 Å². The minimum atomic E-state index is -0.616. The van der Waals surface area contributed by atoms with Gasteiger partial charge in [-0.15, -0.1) is 5.10 Å². The van der Waals surface area contributed by atoms with Crippen molar-refractivity contribution in [2.45, 2.75) is 38.5 Å². The highest BCUT2D eigenvalue weighted by atomic mass is 16.5. The molecular formula is C19H21N5O3. The zero-order chi connectivity index (χ0) is 18.8. The molecule has 1 aromatic carbocycles. The van der Waals surface area contributed by atoms with Crippen molar-refractivity contribution < 1.29 is 14.4 Å². The van der Waals surface area contributed by atoms with Crippen LogP contribution < -0.4 is 5.32 Å². The van der Waals surface area contributed by atoms with Crippen molar-refractivity contribution >= 4 is 5.91 Å². The van der Waals surface area contributed by atoms with Gasteiger partial charge < -0.3 is 14.9 Å². The summed E-state index contributed by atoms with van der Waals surface area (Å²) in [5, 5.41) is 24.4. The molecule has 0 saturated heterocycles. The molecule has 27 heavy (non-hydrogen) atoms. The first-order valence-electron chi connectivity index (χ1n) is 8.99. The van der Waals surface area contributed by atoms with Crippen LogP contribution in [-0.4, -0.2) is 37.2 Å². The summed E-state index contributed by atoms with van der Waals surface area (Å²) in [5.41, 5.74) is 2.12. The molecule has 8 nitrogen and oxygen atoms in total. The van der Waals surface area contributed by atoms with E-state index < -0.39 is 6.10 Å². The molecular weight excluding hydrogens is 346 g/mol. The molecule has 1 atom stereocenters. The molecule has 0 unspecified atom stereocenters. The van der Waals surface area contributed by atoms with Crippen molar-refractivity contribution in [2.24, 2.45) is 5.92 Å². The minimum absolute atomic E-state index is 0.118. The summed E-state index contributed by atoms with van der Waals surface area (Å²) in [5.74, 6) is 0.397. The lowest BCUT2D eigenvalue weighted by Crippen LogP contribution is -2.45. The van der Waals surface area contributed by atoms with Crippen molar-refractivity contribution in [2.75, 3.05) is 0 Å². The minimum Gasteiger partial charge on any atom is -0.387 e. The third-order valence-electron chi connectivity index (χ3n) is 4.80. The van der Waals surface area contributed by atoms with E-state index in [-0.39, 0.29) is 17.7 Å². The van der Waals surface area contributed by atoms with E-state index in [1.54, 1.807) is 23.9 Å². The van der Waals surface area contributed by atoms with E-state index in [1.807, 2.05) is 30.3 Å². The molecule has 8 heteroatoms. The number of carbonyl (C=O) groups excluding carboxylic acids is 1. The lowest BCUT2D eigenvalue weighted by atomic mass is 9.80. The standard InChI is InChI=1S/C19H21N5O3/c1-12(25)17-11-24(23-21-17)10-13-7-15(8-13)20-19(26)18-9-16(22-27-18)14-5-3-2-4-6-14/h2-6,9,11-13,15,25H,7-8,10H2,1H3,(H,20,26)/t12-,13-,15-/m0/s1. The summed E-state index contributed by atoms with van der Waals surface area (Å²) < 4.78 is 6.93. The van der Waals surface area contributed by atoms with Crippen LogP contribution >= 0.6 is 0 Å². The Morgan fingerprint density at radius 2 is 2.15 bits per heavy atom. The third-order valence-corrected chi connectivity index (χ3v) is 4.80. The number of rotatable bonds is 6. The number of aliphatic hydroxyl groups excluding tert-OH is 1. The summed E-state index contributed by atoms with van der Waals surface area (Å²) in [4.78, 5) is 12.3. The molecule has 2 heterocycles. The molecule has 2 N–H and O–H groups in total. The Morgan fingerprint density at radius 1 is 1.37 bits per heavy atom. The summed E-state index contributed by atoms with van der Waals surface area (Å²) in [7, 11) is 0. The Kier molecular flexibility index (Phi) is 4.72. The average Bonchev–Trinajstić information content (AvgIpc) is 3.30. The molecule has 2 aromatic heterocycles. The SMILES string of the molecule is C[C@H](O)c1cn(C[C@H]2C[C@H](NC(=O)c3cc(-c4ccccc4)no3)C2)nn1. The van der Waals surface area contributed by atoms with Crippen molar-refractivity contribution in [3.63, 3.8) is 0 Å². The molecule has 1 aliphatic carbocycles. The topological polar surface area (TPSA) is 106 Å². The van der Waals surface area contributed by atoms with E-state index in [9.17, 15) is 9.90 Å². The molecule has 1 amide bonds. The third kappa shape index (κ3) is 3.90. The van der Waals surface area contributed by atoms with Crippen LogP contribution in [0.2, 0.25) is 0 Å². The molecule has 0 aliphatic heterocycles. The van der Waals surface area contributed by atoms with E-state index in [1.165, 1.54) is 0 Å². The van der Waals surface area contributed by atoms with Crippen LogP contribution in [0.3, 0.4) is 0 Å². The van der Waals surface area contributed by atoms with Crippen molar-refractivity contribution in [1.82, 2.24) is 25.5 Å². The zero-order valence-electron chi connectivity index (χ0n) is 14.9. The number of benzene rings is 1. The lowest BCUT2D eigenvalue weighted by molar-refractivity contribution is 0.0842. The van der Waals surface area contributed by atoms with E-state index in [2.05, 4.69) is 20.8 Å². The van der Waals surface area contributed by atoms with Gasteiger partial charge in [0.15, 0.2) is 0 Å². The Hall–Kier alpha value is -3.00. The van der Waals surface area contributed by atoms with Crippen LogP contribution in [0.1, 0.15) is 42.1 Å². The summed E-state index contributed by atoms with van der Waals surface area (Å²) >= 11 is 0. The number of aromatic nitrogens is 4. The quantitative estimate of drug-likeness (QED) is 0.692. The predicted octanol–water partition coefficient (Wildman–Crippen LogP) is 2.20. The molecule has 0 spiro atoms. The fourth-order valence-corrected chi connectivity index (χ4v) is 3.24. The fourth-order valence-electron chi connectivity index (χ4n) is 3.24. The van der Waals surface area contributed by atoms with Gasteiger partial charge in [0.25, 0.3) is 5.91 Å². The highest BCUT2D eigenvalue weighted by Crippen LogP contribution is 2.29. The maximum Gasteiger partial charge on any atom is 0.290 e. The summed E-state index contributed by atoms with van der Waals surface area (Å²) in [6, 6.07) is 11.4. The zero-order valence-corrected chi connectivity index (χ0v) is 14.9. The first-order chi connectivity index (χ1) is 13.1. The fraction of sp³-hybridized carbons (Fsp3) is 0.368. The second kappa shape index (κ2) is 7.32. The Labute approximate surface area is 156 Å². The monoisotopic (exact) mass is 367 g/mol. The predicted molar refractivity (Wildman–Crippen MR) is 96.6 cm³/mol. The Morgan fingerprint density at radius 3 is 2.85 bits per heavy atom. The average molecular weight is 367 g/mol. The highest BCUT2D eigenvalue weighted by molar-refractivity contribution is 5.92. The largest absolute Gasteiger partial charge is 0.387 e. The van der Waals surface area contributed by atoms with Gasteiger partial charge in [-0.2, -0.15) is 0 Å². The van der Waals surface area contributed by atoms with Crippen molar-refractivity contribution in [3.05, 3.63) is 54.0 Å². The van der Waals surface area contributed by atoms with Crippen LogP contribution in [0.4, 0.5) is 0 Å². The second-order valence-corrected chi connectivity index (χ2v) is 6.99. The molecule has 0 radical (unpaired) electrons. The van der Waals surface area contributed by atoms with Gasteiger partial charge in [0, 0.05) is 24.2 Å². The van der Waals surface area contributed by atoms with E-state index >= 15 is 0 Å². The first kappa shape index (κ1) is 17.4. The normalized spacial score (nSPS) is 20.1. The molecule has 1 saturated carbocycles. The lowest BCUT2D eigenvalue weighted by Gasteiger charge is -2.35. The summed E-state index contributed by atoms with van der Waals surface area (Å²) in [6.45, 7) is 2.39. The molecule has 140 valence electrons. The van der Waals surface area contributed by atoms with Gasteiger partial charge in [-0.1, -0.05) is 40.7 Å². The van der Waals surface area contributed by atoms with Crippen LogP contribution in [0.5, 0.6) is 0 Å². The number of nitrogens with zero attached hydrogens (tertiary/aromatic N) is 4. The Bertz CT molecular complexity index is 912. The smallest absolute Gasteiger partial charge is 0.290 e. The van der Waals surface area contributed by atoms with Crippen molar-refractivity contribution in [1.29, 1.82) is 0 Å². The second-order valence-electron chi connectivity index (χ2n) is 6.99. The van der Waals surface area contributed by atoms with Gasteiger partial charge in [-0.3, -0.25) is 9.48 Å².